The Balaban J connectivity index is 2.32. The summed E-state index contributed by atoms with van der Waals surface area (Å²) in [6, 6.07) is 7.99. The third-order valence-electron chi connectivity index (χ3n) is 3.88. The molecular formula is C19H18ClN3O7. The van der Waals surface area contributed by atoms with Crippen molar-refractivity contribution in [1.29, 1.82) is 0 Å². The van der Waals surface area contributed by atoms with Crippen LogP contribution in [0.1, 0.15) is 29.8 Å². The second-order valence-corrected chi connectivity index (χ2v) is 7.03. The number of rotatable bonds is 8. The number of nitro benzene ring substituents is 2. The summed E-state index contributed by atoms with van der Waals surface area (Å²) in [6.07, 6.45) is -0.383. The first kappa shape index (κ1) is 22.8. The van der Waals surface area contributed by atoms with Gasteiger partial charge in [0.1, 0.15) is 6.04 Å². The van der Waals surface area contributed by atoms with Crippen LogP contribution in [0.2, 0.25) is 5.02 Å². The summed E-state index contributed by atoms with van der Waals surface area (Å²) in [6.45, 7) is 3.28. The normalized spacial score (nSPS) is 11.6. The van der Waals surface area contributed by atoms with Crippen LogP contribution in [0.15, 0.2) is 42.5 Å². The molecule has 2 aromatic rings. The van der Waals surface area contributed by atoms with Gasteiger partial charge in [0.2, 0.25) is 0 Å². The zero-order valence-corrected chi connectivity index (χ0v) is 16.8. The number of amides is 1. The molecule has 0 fully saturated rings. The lowest BCUT2D eigenvalue weighted by Gasteiger charge is -2.19. The SMILES string of the molecule is CC(C)OC(=O)[C@@H](Cc1ccc(Cl)cc1)NC(=O)c1cc([N+](=O)[O-])cc([N+](=O)[O-])c1. The molecule has 10 nitrogen and oxygen atoms in total. The molecule has 2 rings (SSSR count). The van der Waals surface area contributed by atoms with Gasteiger partial charge in [0, 0.05) is 23.6 Å². The van der Waals surface area contributed by atoms with E-state index in [9.17, 15) is 29.8 Å². The molecule has 30 heavy (non-hydrogen) atoms. The maximum absolute atomic E-state index is 12.7. The molecule has 0 heterocycles. The molecule has 1 N–H and O–H groups in total. The molecule has 0 aromatic heterocycles. The van der Waals surface area contributed by atoms with E-state index in [-0.39, 0.29) is 12.0 Å². The number of benzene rings is 2. The van der Waals surface area contributed by atoms with Gasteiger partial charge in [0.25, 0.3) is 17.3 Å². The molecule has 0 aliphatic rings. The minimum Gasteiger partial charge on any atom is -0.461 e. The van der Waals surface area contributed by atoms with Crippen LogP contribution in [0.25, 0.3) is 0 Å². The largest absolute Gasteiger partial charge is 0.461 e. The zero-order valence-electron chi connectivity index (χ0n) is 16.0. The summed E-state index contributed by atoms with van der Waals surface area (Å²) in [5.41, 5.74) is -0.883. The fraction of sp³-hybridized carbons (Fsp3) is 0.263. The van der Waals surface area contributed by atoms with E-state index in [0.717, 1.165) is 18.2 Å². The minimum atomic E-state index is -1.13. The van der Waals surface area contributed by atoms with Gasteiger partial charge in [0.05, 0.1) is 27.6 Å². The Morgan fingerprint density at radius 1 is 1.03 bits per heavy atom. The fourth-order valence-corrected chi connectivity index (χ4v) is 2.67. The molecule has 0 saturated carbocycles. The number of hydrogen-bond donors (Lipinski definition) is 1. The van der Waals surface area contributed by atoms with Gasteiger partial charge in [0.15, 0.2) is 0 Å². The molecule has 1 atom stereocenters. The van der Waals surface area contributed by atoms with Crippen LogP contribution in [0, 0.1) is 20.2 Å². The summed E-state index contributed by atoms with van der Waals surface area (Å²) < 4.78 is 5.17. The van der Waals surface area contributed by atoms with Gasteiger partial charge in [-0.1, -0.05) is 23.7 Å². The number of halogens is 1. The highest BCUT2D eigenvalue weighted by atomic mass is 35.5. The number of nitrogens with zero attached hydrogens (tertiary/aromatic N) is 2. The summed E-state index contributed by atoms with van der Waals surface area (Å²) in [4.78, 5) is 45.5. The van der Waals surface area contributed by atoms with Crippen molar-refractivity contribution >= 4 is 34.9 Å². The Hall–Kier alpha value is -3.53. The first-order valence-corrected chi connectivity index (χ1v) is 9.14. The Bertz CT molecular complexity index is 944. The van der Waals surface area contributed by atoms with E-state index in [1.807, 2.05) is 0 Å². The van der Waals surface area contributed by atoms with E-state index in [2.05, 4.69) is 5.32 Å². The van der Waals surface area contributed by atoms with Gasteiger partial charge in [-0.05, 0) is 31.5 Å². The third kappa shape index (κ3) is 6.24. The standard InChI is InChI=1S/C19H18ClN3O7/c1-11(2)30-19(25)17(7-12-3-5-14(20)6-4-12)21-18(24)13-8-15(22(26)27)10-16(9-13)23(28)29/h3-6,8-11,17H,7H2,1-2H3,(H,21,24)/t17-/m1/s1. The summed E-state index contributed by atoms with van der Waals surface area (Å²) in [5.74, 6) is -1.60. The van der Waals surface area contributed by atoms with Crippen molar-refractivity contribution in [3.8, 4) is 0 Å². The third-order valence-corrected chi connectivity index (χ3v) is 4.13. The summed E-state index contributed by atoms with van der Waals surface area (Å²) in [5, 5.41) is 25.0. The van der Waals surface area contributed by atoms with E-state index in [1.165, 1.54) is 0 Å². The number of carbonyl (C=O) groups is 2. The van der Waals surface area contributed by atoms with E-state index in [0.29, 0.717) is 10.6 Å². The Labute approximate surface area is 176 Å². The molecule has 0 saturated heterocycles. The maximum Gasteiger partial charge on any atom is 0.329 e. The second-order valence-electron chi connectivity index (χ2n) is 6.59. The van der Waals surface area contributed by atoms with Gasteiger partial charge in [-0.25, -0.2) is 4.79 Å². The van der Waals surface area contributed by atoms with Crippen molar-refractivity contribution in [2.24, 2.45) is 0 Å². The lowest BCUT2D eigenvalue weighted by Crippen LogP contribution is -2.44. The quantitative estimate of drug-likeness (QED) is 0.380. The molecule has 0 bridgehead atoms. The van der Waals surface area contributed by atoms with Crippen LogP contribution in [0.3, 0.4) is 0 Å². The predicted molar refractivity (Wildman–Crippen MR) is 107 cm³/mol. The van der Waals surface area contributed by atoms with Gasteiger partial charge < -0.3 is 10.1 Å². The molecule has 158 valence electrons. The molecular weight excluding hydrogens is 418 g/mol. The molecule has 0 radical (unpaired) electrons. The van der Waals surface area contributed by atoms with Crippen LogP contribution in [-0.4, -0.2) is 33.9 Å². The highest BCUT2D eigenvalue weighted by molar-refractivity contribution is 6.30. The summed E-state index contributed by atoms with van der Waals surface area (Å²) in [7, 11) is 0. The molecule has 0 spiro atoms. The number of hydrogen-bond acceptors (Lipinski definition) is 7. The lowest BCUT2D eigenvalue weighted by atomic mass is 10.0. The first-order valence-electron chi connectivity index (χ1n) is 8.76. The maximum atomic E-state index is 12.7. The Morgan fingerprint density at radius 2 is 1.57 bits per heavy atom. The van der Waals surface area contributed by atoms with E-state index >= 15 is 0 Å². The van der Waals surface area contributed by atoms with Gasteiger partial charge >= 0.3 is 5.97 Å². The van der Waals surface area contributed by atoms with Crippen molar-refractivity contribution in [2.75, 3.05) is 0 Å². The molecule has 11 heteroatoms. The van der Waals surface area contributed by atoms with Gasteiger partial charge in [-0.15, -0.1) is 0 Å². The van der Waals surface area contributed by atoms with Crippen molar-refractivity contribution < 1.29 is 24.2 Å². The number of non-ortho nitro benzene ring substituents is 2. The second kappa shape index (κ2) is 9.79. The minimum absolute atomic E-state index is 0.0610. The average Bonchev–Trinajstić information content (AvgIpc) is 2.68. The van der Waals surface area contributed by atoms with E-state index in [4.69, 9.17) is 16.3 Å². The van der Waals surface area contributed by atoms with Crippen LogP contribution in [0.4, 0.5) is 11.4 Å². The van der Waals surface area contributed by atoms with Crippen molar-refractivity contribution in [1.82, 2.24) is 5.32 Å². The Kier molecular flexibility index (Phi) is 7.43. The number of carbonyl (C=O) groups excluding carboxylic acids is 2. The summed E-state index contributed by atoms with van der Waals surface area (Å²) >= 11 is 5.85. The van der Waals surface area contributed by atoms with Crippen molar-refractivity contribution in [3.05, 3.63) is 78.8 Å². The van der Waals surface area contributed by atoms with Crippen LogP contribution < -0.4 is 5.32 Å². The smallest absolute Gasteiger partial charge is 0.329 e. The van der Waals surface area contributed by atoms with Gasteiger partial charge in [-0.3, -0.25) is 25.0 Å². The topological polar surface area (TPSA) is 142 Å². The molecule has 0 unspecified atom stereocenters. The lowest BCUT2D eigenvalue weighted by molar-refractivity contribution is -0.394. The van der Waals surface area contributed by atoms with Gasteiger partial charge in [-0.2, -0.15) is 0 Å². The molecule has 2 aromatic carbocycles. The number of nitrogens with one attached hydrogen (secondary N) is 1. The van der Waals surface area contributed by atoms with Crippen molar-refractivity contribution in [2.45, 2.75) is 32.4 Å². The first-order chi connectivity index (χ1) is 14.1. The van der Waals surface area contributed by atoms with Crippen LogP contribution in [0.5, 0.6) is 0 Å². The van der Waals surface area contributed by atoms with E-state index < -0.39 is 45.2 Å². The Morgan fingerprint density at radius 3 is 2.03 bits per heavy atom. The number of nitro groups is 2. The predicted octanol–water partition coefficient (Wildman–Crippen LogP) is 3.45. The van der Waals surface area contributed by atoms with E-state index in [1.54, 1.807) is 38.1 Å². The average molecular weight is 436 g/mol. The monoisotopic (exact) mass is 435 g/mol. The van der Waals surface area contributed by atoms with Crippen molar-refractivity contribution in [3.63, 3.8) is 0 Å². The highest BCUT2D eigenvalue weighted by Gasteiger charge is 2.26. The van der Waals surface area contributed by atoms with Crippen LogP contribution >= 0.6 is 11.6 Å². The molecule has 0 aliphatic heterocycles. The molecule has 0 aliphatic carbocycles. The molecule has 1 amide bonds. The number of esters is 1. The highest BCUT2D eigenvalue weighted by Crippen LogP contribution is 2.23. The zero-order chi connectivity index (χ0) is 22.4. The fourth-order valence-electron chi connectivity index (χ4n) is 2.54. The van der Waals surface area contributed by atoms with Crippen LogP contribution in [-0.2, 0) is 16.0 Å². The number of ether oxygens (including phenoxy) is 1.